The van der Waals surface area contributed by atoms with E-state index in [-0.39, 0.29) is 5.75 Å². The first-order valence-electron chi connectivity index (χ1n) is 15.8. The van der Waals surface area contributed by atoms with Gasteiger partial charge in [0, 0.05) is 33.0 Å². The summed E-state index contributed by atoms with van der Waals surface area (Å²) in [5.41, 5.74) is 7.73. The number of benzene rings is 7. The van der Waals surface area contributed by atoms with Crippen LogP contribution in [-0.4, -0.2) is 20.1 Å². The fourth-order valence-electron chi connectivity index (χ4n) is 6.56. The van der Waals surface area contributed by atoms with Gasteiger partial charge in [-0.3, -0.25) is 0 Å². The second kappa shape index (κ2) is 11.3. The Morgan fingerprint density at radius 3 is 1.96 bits per heavy atom. The van der Waals surface area contributed by atoms with E-state index in [4.69, 9.17) is 19.4 Å². The van der Waals surface area contributed by atoms with Crippen molar-refractivity contribution in [3.05, 3.63) is 158 Å². The lowest BCUT2D eigenvalue weighted by Crippen LogP contribution is -2.01. The Bertz CT molecular complexity index is 2640. The first-order chi connectivity index (χ1) is 23.7. The minimum Gasteiger partial charge on any atom is -0.507 e. The maximum atomic E-state index is 11.5. The maximum Gasteiger partial charge on any atom is 0.164 e. The van der Waals surface area contributed by atoms with Crippen LogP contribution in [0, 0.1) is 0 Å². The van der Waals surface area contributed by atoms with Crippen LogP contribution in [0.1, 0.15) is 0 Å². The summed E-state index contributed by atoms with van der Waals surface area (Å²) < 4.78 is 6.18. The van der Waals surface area contributed by atoms with Crippen molar-refractivity contribution in [2.75, 3.05) is 0 Å². The molecule has 2 aromatic heterocycles. The van der Waals surface area contributed by atoms with Crippen molar-refractivity contribution in [3.63, 3.8) is 0 Å². The van der Waals surface area contributed by atoms with Crippen molar-refractivity contribution in [2.45, 2.75) is 0 Å². The van der Waals surface area contributed by atoms with E-state index >= 15 is 0 Å². The van der Waals surface area contributed by atoms with E-state index in [1.54, 1.807) is 6.07 Å². The molecule has 0 spiro atoms. The zero-order valence-corrected chi connectivity index (χ0v) is 25.7. The van der Waals surface area contributed by atoms with E-state index in [0.29, 0.717) is 28.6 Å². The van der Waals surface area contributed by atoms with Gasteiger partial charge in [0.25, 0.3) is 0 Å². The number of aromatic nitrogens is 3. The van der Waals surface area contributed by atoms with Crippen LogP contribution in [0.4, 0.5) is 0 Å². The van der Waals surface area contributed by atoms with Crippen molar-refractivity contribution in [2.24, 2.45) is 0 Å². The van der Waals surface area contributed by atoms with Crippen LogP contribution in [0.2, 0.25) is 0 Å². The van der Waals surface area contributed by atoms with E-state index in [1.807, 2.05) is 103 Å². The SMILES string of the molecule is Oc1cccc(-c2nc(-c3ccccc3)nc(-c3ccc4ccccc4c3)n2)c1-c1cccc(-c2cccc3oc4ccccc4c23)c1. The average molecular weight is 618 g/mol. The Morgan fingerprint density at radius 2 is 1.06 bits per heavy atom. The molecule has 0 amide bonds. The molecule has 2 heterocycles. The summed E-state index contributed by atoms with van der Waals surface area (Å²) in [6.45, 7) is 0. The van der Waals surface area contributed by atoms with E-state index in [0.717, 1.165) is 60.5 Å². The van der Waals surface area contributed by atoms with Gasteiger partial charge >= 0.3 is 0 Å². The lowest BCUT2D eigenvalue weighted by atomic mass is 9.93. The van der Waals surface area contributed by atoms with Gasteiger partial charge in [0.15, 0.2) is 17.5 Å². The van der Waals surface area contributed by atoms with Crippen LogP contribution in [0.5, 0.6) is 5.75 Å². The smallest absolute Gasteiger partial charge is 0.164 e. The van der Waals surface area contributed by atoms with Crippen molar-refractivity contribution in [1.29, 1.82) is 0 Å². The standard InChI is InChI=1S/C43H27N3O2/c47-36-20-9-19-35(39(36)31-16-8-15-30(26-31)33-18-10-22-38-40(33)34-17-6-7-21-37(34)48-38)43-45-41(28-12-2-1-3-13-28)44-42(46-43)32-24-23-27-11-4-5-14-29(27)25-32/h1-26,47H. The third-order valence-corrected chi connectivity index (χ3v) is 8.82. The molecular weight excluding hydrogens is 590 g/mol. The van der Waals surface area contributed by atoms with Crippen molar-refractivity contribution in [1.82, 2.24) is 15.0 Å². The molecule has 0 aliphatic heterocycles. The monoisotopic (exact) mass is 617 g/mol. The molecule has 0 aliphatic carbocycles. The number of nitrogens with zero attached hydrogens (tertiary/aromatic N) is 3. The van der Waals surface area contributed by atoms with Crippen molar-refractivity contribution < 1.29 is 9.52 Å². The van der Waals surface area contributed by atoms with Crippen molar-refractivity contribution in [3.8, 4) is 62.2 Å². The predicted molar refractivity (Wildman–Crippen MR) is 193 cm³/mol. The first-order valence-corrected chi connectivity index (χ1v) is 15.8. The van der Waals surface area contributed by atoms with Gasteiger partial charge in [-0.15, -0.1) is 0 Å². The highest BCUT2D eigenvalue weighted by atomic mass is 16.3. The minimum atomic E-state index is 0.144. The van der Waals surface area contributed by atoms with Gasteiger partial charge in [0.1, 0.15) is 16.9 Å². The Kier molecular flexibility index (Phi) is 6.54. The summed E-state index contributed by atoms with van der Waals surface area (Å²) in [4.78, 5) is 15.0. The molecular formula is C43H27N3O2. The Labute approximate surface area is 276 Å². The van der Waals surface area contributed by atoms with Gasteiger partial charge in [-0.05, 0) is 57.8 Å². The van der Waals surface area contributed by atoms with Crippen LogP contribution in [0.15, 0.2) is 162 Å². The molecule has 226 valence electrons. The number of phenolic OH excluding ortho intramolecular Hbond substituents is 1. The van der Waals surface area contributed by atoms with Crippen molar-refractivity contribution >= 4 is 32.7 Å². The van der Waals surface area contributed by atoms with E-state index in [1.165, 1.54) is 0 Å². The summed E-state index contributed by atoms with van der Waals surface area (Å²) in [7, 11) is 0. The normalized spacial score (nSPS) is 11.4. The number of rotatable bonds is 5. The van der Waals surface area contributed by atoms with Crippen LogP contribution in [0.25, 0.3) is 89.1 Å². The molecule has 48 heavy (non-hydrogen) atoms. The Balaban J connectivity index is 1.23. The number of para-hydroxylation sites is 1. The lowest BCUT2D eigenvalue weighted by molar-refractivity contribution is 0.477. The van der Waals surface area contributed by atoms with Gasteiger partial charge in [-0.2, -0.15) is 0 Å². The number of phenols is 1. The van der Waals surface area contributed by atoms with E-state index < -0.39 is 0 Å². The summed E-state index contributed by atoms with van der Waals surface area (Å²) in [6.07, 6.45) is 0. The first kappa shape index (κ1) is 27.7. The van der Waals surface area contributed by atoms with Crippen LogP contribution in [-0.2, 0) is 0 Å². The molecule has 0 saturated carbocycles. The molecule has 0 bridgehead atoms. The number of aromatic hydroxyl groups is 1. The zero-order valence-electron chi connectivity index (χ0n) is 25.7. The molecule has 0 saturated heterocycles. The lowest BCUT2D eigenvalue weighted by Gasteiger charge is -2.14. The van der Waals surface area contributed by atoms with E-state index in [2.05, 4.69) is 48.5 Å². The zero-order chi connectivity index (χ0) is 32.0. The molecule has 9 rings (SSSR count). The van der Waals surface area contributed by atoms with Gasteiger partial charge in [-0.25, -0.2) is 15.0 Å². The maximum absolute atomic E-state index is 11.5. The summed E-state index contributed by atoms with van der Waals surface area (Å²) in [5.74, 6) is 1.74. The van der Waals surface area contributed by atoms with E-state index in [9.17, 15) is 5.11 Å². The molecule has 7 aromatic carbocycles. The highest BCUT2D eigenvalue weighted by Gasteiger charge is 2.19. The van der Waals surface area contributed by atoms with Crippen LogP contribution < -0.4 is 0 Å². The van der Waals surface area contributed by atoms with Crippen LogP contribution in [0.3, 0.4) is 0 Å². The van der Waals surface area contributed by atoms with Gasteiger partial charge in [-0.1, -0.05) is 127 Å². The molecule has 0 unspecified atom stereocenters. The number of fused-ring (bicyclic) bond motifs is 4. The van der Waals surface area contributed by atoms with Crippen LogP contribution >= 0.6 is 0 Å². The fourth-order valence-corrected chi connectivity index (χ4v) is 6.56. The Hall–Kier alpha value is -6.59. The highest BCUT2D eigenvalue weighted by molar-refractivity contribution is 6.12. The molecule has 0 radical (unpaired) electrons. The number of hydrogen-bond acceptors (Lipinski definition) is 5. The quantitative estimate of drug-likeness (QED) is 0.208. The molecule has 0 fully saturated rings. The molecule has 5 heteroatoms. The summed E-state index contributed by atoms with van der Waals surface area (Å²) >= 11 is 0. The third kappa shape index (κ3) is 4.77. The largest absolute Gasteiger partial charge is 0.507 e. The highest BCUT2D eigenvalue weighted by Crippen LogP contribution is 2.42. The van der Waals surface area contributed by atoms with Gasteiger partial charge in [0.05, 0.1) is 0 Å². The molecule has 5 nitrogen and oxygen atoms in total. The Morgan fingerprint density at radius 1 is 0.417 bits per heavy atom. The molecule has 1 N–H and O–H groups in total. The second-order valence-corrected chi connectivity index (χ2v) is 11.8. The minimum absolute atomic E-state index is 0.144. The average Bonchev–Trinajstić information content (AvgIpc) is 3.54. The third-order valence-electron chi connectivity index (χ3n) is 8.82. The fraction of sp³-hybridized carbons (Fsp3) is 0. The summed E-state index contributed by atoms with van der Waals surface area (Å²) in [6, 6.07) is 52.4. The second-order valence-electron chi connectivity index (χ2n) is 11.8. The number of hydrogen-bond donors (Lipinski definition) is 1. The van der Waals surface area contributed by atoms with Gasteiger partial charge < -0.3 is 9.52 Å². The molecule has 0 aliphatic rings. The molecule has 0 atom stereocenters. The van der Waals surface area contributed by atoms with Gasteiger partial charge in [0.2, 0.25) is 0 Å². The predicted octanol–water partition coefficient (Wildman–Crippen LogP) is 11.0. The number of furan rings is 1. The molecule has 9 aromatic rings. The summed E-state index contributed by atoms with van der Waals surface area (Å²) in [5, 5.41) is 15.8. The topological polar surface area (TPSA) is 72.0 Å².